The SMILES string of the molecule is CC1(C)CC(=O)c2c([nH]c(-c3ccncc3Br)c2Cc2ccccc2)C1. The maximum Gasteiger partial charge on any atom is 0.165 e. The number of hydrogen-bond donors (Lipinski definition) is 1. The lowest BCUT2D eigenvalue weighted by molar-refractivity contribution is 0.0911. The van der Waals surface area contributed by atoms with Crippen LogP contribution in [0.1, 0.15) is 47.4 Å². The van der Waals surface area contributed by atoms with E-state index in [1.165, 1.54) is 5.56 Å². The summed E-state index contributed by atoms with van der Waals surface area (Å²) in [5, 5.41) is 0. The summed E-state index contributed by atoms with van der Waals surface area (Å²) < 4.78 is 0.930. The summed E-state index contributed by atoms with van der Waals surface area (Å²) >= 11 is 3.62. The average Bonchev–Trinajstić information content (AvgIpc) is 2.93. The van der Waals surface area contributed by atoms with Crippen LogP contribution in [-0.4, -0.2) is 15.8 Å². The lowest BCUT2D eigenvalue weighted by Gasteiger charge is -2.28. The number of Topliss-reactive ketones (excluding diaryl/α,β-unsaturated/α-hetero) is 1. The molecule has 1 aliphatic rings. The molecule has 0 spiro atoms. The minimum Gasteiger partial charge on any atom is -0.357 e. The molecule has 0 atom stereocenters. The Morgan fingerprint density at radius 1 is 1.15 bits per heavy atom. The molecule has 3 nitrogen and oxygen atoms in total. The van der Waals surface area contributed by atoms with Crippen molar-refractivity contribution in [1.29, 1.82) is 0 Å². The van der Waals surface area contributed by atoms with E-state index in [-0.39, 0.29) is 11.2 Å². The number of nitrogens with one attached hydrogen (secondary N) is 1. The third kappa shape index (κ3) is 3.14. The molecule has 4 rings (SSSR count). The van der Waals surface area contributed by atoms with Crippen LogP contribution in [0, 0.1) is 5.41 Å². The maximum atomic E-state index is 13.0. The average molecular weight is 409 g/mol. The highest BCUT2D eigenvalue weighted by Crippen LogP contribution is 2.41. The number of carbonyl (C=O) groups excluding carboxylic acids is 1. The first-order valence-corrected chi connectivity index (χ1v) is 9.65. The molecule has 1 aromatic carbocycles. The lowest BCUT2D eigenvalue weighted by Crippen LogP contribution is -2.27. The van der Waals surface area contributed by atoms with Gasteiger partial charge < -0.3 is 4.98 Å². The third-order valence-corrected chi connectivity index (χ3v) is 5.65. The van der Waals surface area contributed by atoms with Gasteiger partial charge in [-0.15, -0.1) is 0 Å². The molecule has 0 aliphatic heterocycles. The van der Waals surface area contributed by atoms with Crippen LogP contribution < -0.4 is 0 Å². The Morgan fingerprint density at radius 2 is 1.92 bits per heavy atom. The van der Waals surface area contributed by atoms with Gasteiger partial charge in [0.2, 0.25) is 0 Å². The molecular formula is C22H21BrN2O. The van der Waals surface area contributed by atoms with Crippen LogP contribution in [0.2, 0.25) is 0 Å². The number of aromatic nitrogens is 2. The fourth-order valence-electron chi connectivity index (χ4n) is 3.91. The minimum absolute atomic E-state index is 0.00823. The molecule has 132 valence electrons. The number of fused-ring (bicyclic) bond motifs is 1. The van der Waals surface area contributed by atoms with Gasteiger partial charge in [0.15, 0.2) is 5.78 Å². The number of H-pyrrole nitrogens is 1. The van der Waals surface area contributed by atoms with E-state index < -0.39 is 0 Å². The van der Waals surface area contributed by atoms with Crippen LogP contribution in [0.3, 0.4) is 0 Å². The summed E-state index contributed by atoms with van der Waals surface area (Å²) in [7, 11) is 0. The number of ketones is 1. The molecule has 2 aromatic heterocycles. The van der Waals surface area contributed by atoms with Gasteiger partial charge in [-0.05, 0) is 45.0 Å². The topological polar surface area (TPSA) is 45.8 Å². The van der Waals surface area contributed by atoms with Crippen LogP contribution >= 0.6 is 15.9 Å². The van der Waals surface area contributed by atoms with Gasteiger partial charge >= 0.3 is 0 Å². The standard InChI is InChI=1S/C22H21BrN2O/c1-22(2)11-18-20(19(26)12-22)16(10-14-6-4-3-5-7-14)21(25-18)15-8-9-24-13-17(15)23/h3-9,13,25H,10-12H2,1-2H3. The highest BCUT2D eigenvalue weighted by molar-refractivity contribution is 9.10. The van der Waals surface area contributed by atoms with Crippen molar-refractivity contribution in [3.05, 3.63) is 75.6 Å². The van der Waals surface area contributed by atoms with E-state index in [9.17, 15) is 4.79 Å². The fourth-order valence-corrected chi connectivity index (χ4v) is 4.36. The van der Waals surface area contributed by atoms with E-state index in [2.05, 4.69) is 51.9 Å². The van der Waals surface area contributed by atoms with Gasteiger partial charge in [0.1, 0.15) is 0 Å². The van der Waals surface area contributed by atoms with Gasteiger partial charge in [0.05, 0.1) is 5.69 Å². The molecule has 4 heteroatoms. The number of nitrogens with zero attached hydrogens (tertiary/aromatic N) is 1. The number of aromatic amines is 1. The molecule has 0 radical (unpaired) electrons. The number of carbonyl (C=O) groups is 1. The molecule has 0 unspecified atom stereocenters. The van der Waals surface area contributed by atoms with E-state index in [0.29, 0.717) is 6.42 Å². The number of benzene rings is 1. The van der Waals surface area contributed by atoms with Gasteiger partial charge in [0, 0.05) is 46.5 Å². The number of pyridine rings is 1. The second-order valence-electron chi connectivity index (χ2n) is 7.79. The molecule has 1 aliphatic carbocycles. The molecule has 0 saturated carbocycles. The van der Waals surface area contributed by atoms with Crippen molar-refractivity contribution in [1.82, 2.24) is 9.97 Å². The van der Waals surface area contributed by atoms with Crippen molar-refractivity contribution in [2.45, 2.75) is 33.1 Å². The quantitative estimate of drug-likeness (QED) is 0.614. The molecule has 2 heterocycles. The van der Waals surface area contributed by atoms with Gasteiger partial charge in [-0.25, -0.2) is 0 Å². The smallest absolute Gasteiger partial charge is 0.165 e. The van der Waals surface area contributed by atoms with Gasteiger partial charge in [-0.3, -0.25) is 9.78 Å². The Hall–Kier alpha value is -2.20. The van der Waals surface area contributed by atoms with E-state index in [1.807, 2.05) is 24.3 Å². The minimum atomic E-state index is -0.00823. The Bertz CT molecular complexity index is 973. The molecule has 0 saturated heterocycles. The fraction of sp³-hybridized carbons (Fsp3) is 0.273. The Balaban J connectivity index is 1.91. The first-order valence-electron chi connectivity index (χ1n) is 8.85. The third-order valence-electron chi connectivity index (χ3n) is 5.02. The summed E-state index contributed by atoms with van der Waals surface area (Å²) in [5.74, 6) is 0.245. The Morgan fingerprint density at radius 3 is 2.65 bits per heavy atom. The molecule has 0 bridgehead atoms. The summed E-state index contributed by atoms with van der Waals surface area (Å²) in [4.78, 5) is 20.8. The van der Waals surface area contributed by atoms with E-state index in [4.69, 9.17) is 0 Å². The second-order valence-corrected chi connectivity index (χ2v) is 8.65. The summed E-state index contributed by atoms with van der Waals surface area (Å²) in [6.45, 7) is 4.32. The van der Waals surface area contributed by atoms with Gasteiger partial charge in [-0.1, -0.05) is 44.2 Å². The van der Waals surface area contributed by atoms with Crippen molar-refractivity contribution in [2.75, 3.05) is 0 Å². The predicted molar refractivity (Wildman–Crippen MR) is 107 cm³/mol. The van der Waals surface area contributed by atoms with Gasteiger partial charge in [-0.2, -0.15) is 0 Å². The molecule has 0 amide bonds. The first-order chi connectivity index (χ1) is 12.4. The largest absolute Gasteiger partial charge is 0.357 e. The van der Waals surface area contributed by atoms with E-state index in [0.717, 1.165) is 45.4 Å². The van der Waals surface area contributed by atoms with Crippen molar-refractivity contribution in [3.63, 3.8) is 0 Å². The number of hydrogen-bond acceptors (Lipinski definition) is 2. The molecule has 26 heavy (non-hydrogen) atoms. The normalized spacial score (nSPS) is 15.7. The van der Waals surface area contributed by atoms with Crippen LogP contribution in [0.15, 0.2) is 53.3 Å². The summed E-state index contributed by atoms with van der Waals surface area (Å²) in [6.07, 6.45) is 5.81. The van der Waals surface area contributed by atoms with Crippen molar-refractivity contribution >= 4 is 21.7 Å². The van der Waals surface area contributed by atoms with Crippen molar-refractivity contribution in [3.8, 4) is 11.3 Å². The summed E-state index contributed by atoms with van der Waals surface area (Å²) in [5.41, 5.74) is 6.33. The van der Waals surface area contributed by atoms with Crippen LogP contribution in [0.5, 0.6) is 0 Å². The summed E-state index contributed by atoms with van der Waals surface area (Å²) in [6, 6.07) is 12.3. The first kappa shape index (κ1) is 17.2. The van der Waals surface area contributed by atoms with Crippen molar-refractivity contribution < 1.29 is 4.79 Å². The van der Waals surface area contributed by atoms with Crippen LogP contribution in [-0.2, 0) is 12.8 Å². The highest BCUT2D eigenvalue weighted by Gasteiger charge is 2.35. The molecule has 0 fully saturated rings. The van der Waals surface area contributed by atoms with Crippen molar-refractivity contribution in [2.24, 2.45) is 5.41 Å². The molecule has 3 aromatic rings. The zero-order valence-electron chi connectivity index (χ0n) is 15.0. The zero-order valence-corrected chi connectivity index (χ0v) is 16.6. The Kier molecular flexibility index (Phi) is 4.31. The van der Waals surface area contributed by atoms with E-state index in [1.54, 1.807) is 12.4 Å². The molecule has 1 N–H and O–H groups in total. The predicted octanol–water partition coefficient (Wildman–Crippen LogP) is 5.59. The lowest BCUT2D eigenvalue weighted by atomic mass is 9.75. The second kappa shape index (κ2) is 6.51. The Labute approximate surface area is 162 Å². The number of rotatable bonds is 3. The maximum absolute atomic E-state index is 13.0. The monoisotopic (exact) mass is 408 g/mol. The number of halogens is 1. The van der Waals surface area contributed by atoms with Gasteiger partial charge in [0.25, 0.3) is 0 Å². The zero-order chi connectivity index (χ0) is 18.3. The van der Waals surface area contributed by atoms with Crippen LogP contribution in [0.25, 0.3) is 11.3 Å². The van der Waals surface area contributed by atoms with Crippen LogP contribution in [0.4, 0.5) is 0 Å². The van der Waals surface area contributed by atoms with E-state index >= 15 is 0 Å². The highest BCUT2D eigenvalue weighted by atomic mass is 79.9. The molecular weight excluding hydrogens is 388 g/mol.